The van der Waals surface area contributed by atoms with Gasteiger partial charge in [-0.3, -0.25) is 4.79 Å². The number of carbonyl (C=O) groups is 1. The first kappa shape index (κ1) is 12.6. The van der Waals surface area contributed by atoms with E-state index in [1.807, 2.05) is 12.1 Å². The summed E-state index contributed by atoms with van der Waals surface area (Å²) in [5, 5.41) is 12.5. The highest BCUT2D eigenvalue weighted by atomic mass is 16.5. The van der Waals surface area contributed by atoms with E-state index in [1.54, 1.807) is 18.4 Å². The average Bonchev–Trinajstić information content (AvgIpc) is 3.07. The van der Waals surface area contributed by atoms with Gasteiger partial charge in [0, 0.05) is 17.9 Å². The van der Waals surface area contributed by atoms with Crippen LogP contribution in [0.4, 0.5) is 5.69 Å². The lowest BCUT2D eigenvalue weighted by Gasteiger charge is -2.08. The van der Waals surface area contributed by atoms with Crippen LogP contribution in [0, 0.1) is 5.92 Å². The summed E-state index contributed by atoms with van der Waals surface area (Å²) in [5.74, 6) is 1.35. The molecule has 1 heterocycles. The van der Waals surface area contributed by atoms with Gasteiger partial charge in [-0.05, 0) is 30.7 Å². The predicted octanol–water partition coefficient (Wildman–Crippen LogP) is 2.74. The summed E-state index contributed by atoms with van der Waals surface area (Å²) < 4.78 is 10.4. The van der Waals surface area contributed by atoms with Crippen molar-refractivity contribution in [3.8, 4) is 11.5 Å². The molecular formula is C15H15NO4. The lowest BCUT2D eigenvalue weighted by atomic mass is 10.2. The SMILES string of the molecule is COc1ccc(O)c(NC(=O)[C@H]2C[C@H]2c2ccco2)c1. The third-order valence-corrected chi connectivity index (χ3v) is 3.50. The van der Waals surface area contributed by atoms with Gasteiger partial charge in [0.2, 0.25) is 5.91 Å². The molecule has 2 aromatic rings. The molecule has 5 nitrogen and oxygen atoms in total. The van der Waals surface area contributed by atoms with Crippen LogP contribution in [-0.2, 0) is 4.79 Å². The molecule has 3 rings (SSSR count). The molecule has 1 fully saturated rings. The maximum absolute atomic E-state index is 12.1. The second kappa shape index (κ2) is 4.92. The minimum Gasteiger partial charge on any atom is -0.506 e. The standard InChI is InChI=1S/C15H15NO4/c1-19-9-4-5-13(17)12(7-9)16-15(18)11-8-10(11)14-3-2-6-20-14/h2-7,10-11,17H,8H2,1H3,(H,16,18)/t10-,11+/m1/s1. The van der Waals surface area contributed by atoms with Crippen LogP contribution in [0.3, 0.4) is 0 Å². The summed E-state index contributed by atoms with van der Waals surface area (Å²) in [7, 11) is 1.53. The molecule has 1 aliphatic rings. The fourth-order valence-electron chi connectivity index (χ4n) is 2.27. The second-order valence-electron chi connectivity index (χ2n) is 4.84. The minimum absolute atomic E-state index is 0.0225. The number of methoxy groups -OCH3 is 1. The number of benzene rings is 1. The predicted molar refractivity (Wildman–Crippen MR) is 72.8 cm³/mol. The van der Waals surface area contributed by atoms with Gasteiger partial charge in [-0.2, -0.15) is 0 Å². The molecule has 0 aliphatic heterocycles. The first-order chi connectivity index (χ1) is 9.69. The van der Waals surface area contributed by atoms with Crippen molar-refractivity contribution in [2.75, 3.05) is 12.4 Å². The van der Waals surface area contributed by atoms with Gasteiger partial charge >= 0.3 is 0 Å². The maximum atomic E-state index is 12.1. The molecule has 104 valence electrons. The average molecular weight is 273 g/mol. The third kappa shape index (κ3) is 2.34. The highest BCUT2D eigenvalue weighted by Gasteiger charge is 2.45. The molecule has 20 heavy (non-hydrogen) atoms. The normalized spacial score (nSPS) is 20.4. The summed E-state index contributed by atoms with van der Waals surface area (Å²) in [6, 6.07) is 8.41. The summed E-state index contributed by atoms with van der Waals surface area (Å²) in [6.45, 7) is 0. The Balaban J connectivity index is 1.68. The fraction of sp³-hybridized carbons (Fsp3) is 0.267. The molecule has 0 unspecified atom stereocenters. The molecule has 1 amide bonds. The topological polar surface area (TPSA) is 71.7 Å². The smallest absolute Gasteiger partial charge is 0.228 e. The maximum Gasteiger partial charge on any atom is 0.228 e. The Bertz CT molecular complexity index is 621. The number of phenols is 1. The molecule has 0 spiro atoms. The summed E-state index contributed by atoms with van der Waals surface area (Å²) in [4.78, 5) is 12.1. The van der Waals surface area contributed by atoms with E-state index < -0.39 is 0 Å². The van der Waals surface area contributed by atoms with E-state index in [0.717, 1.165) is 12.2 Å². The number of furan rings is 1. The summed E-state index contributed by atoms with van der Waals surface area (Å²) in [6.07, 6.45) is 2.38. The zero-order valence-electron chi connectivity index (χ0n) is 11.0. The molecular weight excluding hydrogens is 258 g/mol. The minimum atomic E-state index is -0.116. The molecule has 1 saturated carbocycles. The molecule has 5 heteroatoms. The van der Waals surface area contributed by atoms with Crippen molar-refractivity contribution in [1.29, 1.82) is 0 Å². The van der Waals surface area contributed by atoms with Crippen LogP contribution in [0.2, 0.25) is 0 Å². The van der Waals surface area contributed by atoms with Crippen LogP contribution < -0.4 is 10.1 Å². The van der Waals surface area contributed by atoms with E-state index in [1.165, 1.54) is 13.2 Å². The molecule has 0 bridgehead atoms. The molecule has 0 radical (unpaired) electrons. The van der Waals surface area contributed by atoms with E-state index in [-0.39, 0.29) is 23.5 Å². The number of nitrogens with one attached hydrogen (secondary N) is 1. The molecule has 1 aromatic heterocycles. The molecule has 0 saturated heterocycles. The monoisotopic (exact) mass is 273 g/mol. The van der Waals surface area contributed by atoms with Gasteiger partial charge in [0.25, 0.3) is 0 Å². The zero-order chi connectivity index (χ0) is 14.1. The van der Waals surface area contributed by atoms with E-state index in [4.69, 9.17) is 9.15 Å². The number of aromatic hydroxyl groups is 1. The Hall–Kier alpha value is -2.43. The van der Waals surface area contributed by atoms with Crippen LogP contribution in [0.25, 0.3) is 0 Å². The van der Waals surface area contributed by atoms with Gasteiger partial charge in [-0.25, -0.2) is 0 Å². The Kier molecular flexibility index (Phi) is 3.10. The van der Waals surface area contributed by atoms with E-state index in [0.29, 0.717) is 11.4 Å². The van der Waals surface area contributed by atoms with Crippen molar-refractivity contribution in [3.05, 3.63) is 42.4 Å². The second-order valence-corrected chi connectivity index (χ2v) is 4.84. The highest BCUT2D eigenvalue weighted by Crippen LogP contribution is 2.48. The number of anilines is 1. The van der Waals surface area contributed by atoms with Crippen LogP contribution in [0.15, 0.2) is 41.0 Å². The van der Waals surface area contributed by atoms with Gasteiger partial charge in [-0.15, -0.1) is 0 Å². The Morgan fingerprint density at radius 3 is 3.00 bits per heavy atom. The van der Waals surface area contributed by atoms with Crippen molar-refractivity contribution in [2.45, 2.75) is 12.3 Å². The van der Waals surface area contributed by atoms with Gasteiger partial charge in [0.1, 0.15) is 17.3 Å². The molecule has 1 aliphatic carbocycles. The van der Waals surface area contributed by atoms with Crippen molar-refractivity contribution in [1.82, 2.24) is 0 Å². The first-order valence-electron chi connectivity index (χ1n) is 6.40. The van der Waals surface area contributed by atoms with Crippen molar-refractivity contribution >= 4 is 11.6 Å². The van der Waals surface area contributed by atoms with E-state index in [2.05, 4.69) is 5.32 Å². The fourth-order valence-corrected chi connectivity index (χ4v) is 2.27. The van der Waals surface area contributed by atoms with Crippen LogP contribution >= 0.6 is 0 Å². The lowest BCUT2D eigenvalue weighted by molar-refractivity contribution is -0.117. The quantitative estimate of drug-likeness (QED) is 0.840. The van der Waals surface area contributed by atoms with Crippen LogP contribution in [0.5, 0.6) is 11.5 Å². The number of hydrogen-bond acceptors (Lipinski definition) is 4. The number of hydrogen-bond donors (Lipinski definition) is 2. The number of amides is 1. The molecule has 2 N–H and O–H groups in total. The van der Waals surface area contributed by atoms with Gasteiger partial charge < -0.3 is 19.6 Å². The van der Waals surface area contributed by atoms with Crippen molar-refractivity contribution in [2.24, 2.45) is 5.92 Å². The third-order valence-electron chi connectivity index (χ3n) is 3.50. The largest absolute Gasteiger partial charge is 0.506 e. The van der Waals surface area contributed by atoms with Gasteiger partial charge in [0.05, 0.1) is 19.1 Å². The van der Waals surface area contributed by atoms with Crippen LogP contribution in [-0.4, -0.2) is 18.1 Å². The summed E-state index contributed by atoms with van der Waals surface area (Å²) in [5.41, 5.74) is 0.361. The number of carbonyl (C=O) groups excluding carboxylic acids is 1. The Morgan fingerprint density at radius 2 is 2.30 bits per heavy atom. The molecule has 1 aromatic carbocycles. The van der Waals surface area contributed by atoms with Crippen molar-refractivity contribution in [3.63, 3.8) is 0 Å². The zero-order valence-corrected chi connectivity index (χ0v) is 11.0. The van der Waals surface area contributed by atoms with E-state index in [9.17, 15) is 9.90 Å². The lowest BCUT2D eigenvalue weighted by Crippen LogP contribution is -2.14. The summed E-state index contributed by atoms with van der Waals surface area (Å²) >= 11 is 0. The highest BCUT2D eigenvalue weighted by molar-refractivity contribution is 5.96. The number of phenolic OH excluding ortho intramolecular Hbond substituents is 1. The molecule has 2 atom stereocenters. The Morgan fingerprint density at radius 1 is 1.45 bits per heavy atom. The number of rotatable bonds is 4. The first-order valence-corrected chi connectivity index (χ1v) is 6.40. The number of ether oxygens (including phenoxy) is 1. The van der Waals surface area contributed by atoms with Crippen molar-refractivity contribution < 1.29 is 19.1 Å². The van der Waals surface area contributed by atoms with Gasteiger partial charge in [-0.1, -0.05) is 0 Å². The van der Waals surface area contributed by atoms with Gasteiger partial charge in [0.15, 0.2) is 0 Å². The Labute approximate surface area is 116 Å². The van der Waals surface area contributed by atoms with Crippen LogP contribution in [0.1, 0.15) is 18.1 Å². The van der Waals surface area contributed by atoms with E-state index >= 15 is 0 Å².